The van der Waals surface area contributed by atoms with E-state index in [4.69, 9.17) is 4.74 Å². The number of amides is 1. The molecule has 25 heavy (non-hydrogen) atoms. The number of carbonyl (C=O) groups excluding carboxylic acids is 1. The van der Waals surface area contributed by atoms with Crippen molar-refractivity contribution in [2.75, 3.05) is 6.61 Å². The minimum Gasteiger partial charge on any atom is -0.364 e. The molecule has 126 valence electrons. The van der Waals surface area contributed by atoms with Crippen LogP contribution in [0.15, 0.2) is 48.9 Å². The number of fused-ring (bicyclic) bond motifs is 2. The Balaban J connectivity index is 1.27. The molecule has 0 aliphatic rings. The smallest absolute Gasteiger partial charge is 0.246 e. The quantitative estimate of drug-likeness (QED) is 0.555. The van der Waals surface area contributed by atoms with Crippen molar-refractivity contribution in [2.45, 2.75) is 13.2 Å². The van der Waals surface area contributed by atoms with Crippen LogP contribution in [0.2, 0.25) is 0 Å². The predicted octanol–water partition coefficient (Wildman–Crippen LogP) is 1.44. The van der Waals surface area contributed by atoms with E-state index in [9.17, 15) is 4.79 Å². The fraction of sp³-hybridized carbons (Fsp3) is 0.176. The number of benzene rings is 1. The molecule has 0 bridgehead atoms. The second kappa shape index (κ2) is 6.70. The third-order valence-corrected chi connectivity index (χ3v) is 3.74. The molecule has 1 amide bonds. The van der Waals surface area contributed by atoms with Crippen LogP contribution in [0.3, 0.4) is 0 Å². The van der Waals surface area contributed by atoms with Crippen LogP contribution in [0.25, 0.3) is 16.7 Å². The zero-order chi connectivity index (χ0) is 17.1. The summed E-state index contributed by atoms with van der Waals surface area (Å²) in [7, 11) is 0. The molecular formula is C17H16N6O2. The number of hydrogen-bond donors (Lipinski definition) is 2. The Morgan fingerprint density at radius 1 is 1.28 bits per heavy atom. The third kappa shape index (κ3) is 3.33. The topological polar surface area (TPSA) is 97.2 Å². The maximum Gasteiger partial charge on any atom is 0.246 e. The van der Waals surface area contributed by atoms with Crippen molar-refractivity contribution in [1.29, 1.82) is 0 Å². The summed E-state index contributed by atoms with van der Waals surface area (Å²) in [5, 5.41) is 6.98. The summed E-state index contributed by atoms with van der Waals surface area (Å²) in [4.78, 5) is 23.7. The van der Waals surface area contributed by atoms with Gasteiger partial charge in [0.25, 0.3) is 0 Å². The number of para-hydroxylation sites is 2. The molecule has 4 aromatic rings. The highest BCUT2D eigenvalue weighted by Crippen LogP contribution is 2.10. The van der Waals surface area contributed by atoms with Crippen LogP contribution in [-0.4, -0.2) is 37.1 Å². The van der Waals surface area contributed by atoms with Crippen LogP contribution < -0.4 is 5.32 Å². The second-order valence-corrected chi connectivity index (χ2v) is 5.53. The van der Waals surface area contributed by atoms with Crippen LogP contribution in [0.5, 0.6) is 0 Å². The van der Waals surface area contributed by atoms with Crippen LogP contribution in [0.1, 0.15) is 11.4 Å². The molecule has 4 rings (SSSR count). The molecular weight excluding hydrogens is 320 g/mol. The summed E-state index contributed by atoms with van der Waals surface area (Å²) in [5.41, 5.74) is 3.41. The van der Waals surface area contributed by atoms with E-state index in [1.54, 1.807) is 23.0 Å². The van der Waals surface area contributed by atoms with Gasteiger partial charge < -0.3 is 15.0 Å². The number of rotatable bonds is 6. The van der Waals surface area contributed by atoms with E-state index < -0.39 is 0 Å². The lowest BCUT2D eigenvalue weighted by atomic mass is 10.3. The fourth-order valence-electron chi connectivity index (χ4n) is 2.56. The molecule has 0 atom stereocenters. The maximum atomic E-state index is 11.9. The van der Waals surface area contributed by atoms with Gasteiger partial charge in [0.15, 0.2) is 5.65 Å². The minimum atomic E-state index is -0.202. The number of nitrogens with zero attached hydrogens (tertiary/aromatic N) is 4. The van der Waals surface area contributed by atoms with Gasteiger partial charge in [-0.15, -0.1) is 0 Å². The van der Waals surface area contributed by atoms with E-state index in [-0.39, 0.29) is 19.1 Å². The van der Waals surface area contributed by atoms with Gasteiger partial charge in [-0.25, -0.2) is 14.5 Å². The summed E-state index contributed by atoms with van der Waals surface area (Å²) in [5.74, 6) is 0.493. The predicted molar refractivity (Wildman–Crippen MR) is 90.6 cm³/mol. The number of aromatic amines is 1. The molecule has 0 radical (unpaired) electrons. The lowest BCUT2D eigenvalue weighted by Crippen LogP contribution is -2.27. The summed E-state index contributed by atoms with van der Waals surface area (Å²) >= 11 is 0. The average molecular weight is 336 g/mol. The standard InChI is InChI=1S/C17H16N6O2/c24-16(19-8-12-9-20-23-7-3-6-18-17(12)23)11-25-10-15-21-13-4-1-2-5-14(13)22-15/h1-7,9H,8,10-11H2,(H,19,24)(H,21,22). The SMILES string of the molecule is O=C(COCc1nc2ccccc2[nH]1)NCc1cnn2cccnc12. The normalized spacial score (nSPS) is 11.2. The zero-order valence-electron chi connectivity index (χ0n) is 13.3. The van der Waals surface area contributed by atoms with Crippen LogP contribution in [-0.2, 0) is 22.7 Å². The van der Waals surface area contributed by atoms with Gasteiger partial charge in [-0.05, 0) is 18.2 Å². The first kappa shape index (κ1) is 15.3. The highest BCUT2D eigenvalue weighted by atomic mass is 16.5. The summed E-state index contributed by atoms with van der Waals surface area (Å²) in [6.07, 6.45) is 5.20. The monoisotopic (exact) mass is 336 g/mol. The van der Waals surface area contributed by atoms with Gasteiger partial charge in [-0.1, -0.05) is 12.1 Å². The summed E-state index contributed by atoms with van der Waals surface area (Å²) in [6.45, 7) is 0.567. The molecule has 2 N–H and O–H groups in total. The largest absolute Gasteiger partial charge is 0.364 e. The molecule has 0 unspecified atom stereocenters. The third-order valence-electron chi connectivity index (χ3n) is 3.74. The van der Waals surface area contributed by atoms with Crippen molar-refractivity contribution in [3.05, 3.63) is 60.3 Å². The zero-order valence-corrected chi connectivity index (χ0v) is 13.3. The number of nitrogens with one attached hydrogen (secondary N) is 2. The first-order valence-corrected chi connectivity index (χ1v) is 7.85. The van der Waals surface area contributed by atoms with Crippen molar-refractivity contribution < 1.29 is 9.53 Å². The van der Waals surface area contributed by atoms with Gasteiger partial charge in [-0.3, -0.25) is 4.79 Å². The van der Waals surface area contributed by atoms with E-state index >= 15 is 0 Å². The molecule has 0 aliphatic heterocycles. The summed E-state index contributed by atoms with van der Waals surface area (Å²) in [6, 6.07) is 9.54. The van der Waals surface area contributed by atoms with Gasteiger partial charge in [0.05, 0.1) is 17.2 Å². The second-order valence-electron chi connectivity index (χ2n) is 5.53. The Morgan fingerprint density at radius 2 is 2.20 bits per heavy atom. The van der Waals surface area contributed by atoms with E-state index in [2.05, 4.69) is 25.4 Å². The molecule has 8 nitrogen and oxygen atoms in total. The Bertz CT molecular complexity index is 989. The Labute approximate surface area is 142 Å². The van der Waals surface area contributed by atoms with Crippen LogP contribution in [0, 0.1) is 0 Å². The number of hydrogen-bond acceptors (Lipinski definition) is 5. The van der Waals surface area contributed by atoms with Gasteiger partial charge >= 0.3 is 0 Å². The van der Waals surface area contributed by atoms with Crippen molar-refractivity contribution in [2.24, 2.45) is 0 Å². The lowest BCUT2D eigenvalue weighted by molar-refractivity contribution is -0.126. The summed E-state index contributed by atoms with van der Waals surface area (Å²) < 4.78 is 7.09. The molecule has 0 spiro atoms. The van der Waals surface area contributed by atoms with Crippen molar-refractivity contribution in [3.8, 4) is 0 Å². The number of carbonyl (C=O) groups is 1. The van der Waals surface area contributed by atoms with Gasteiger partial charge in [0.1, 0.15) is 19.0 Å². The van der Waals surface area contributed by atoms with E-state index in [1.807, 2.05) is 30.5 Å². The first-order valence-electron chi connectivity index (χ1n) is 7.85. The number of aromatic nitrogens is 5. The van der Waals surface area contributed by atoms with E-state index in [0.717, 1.165) is 22.2 Å². The van der Waals surface area contributed by atoms with Gasteiger partial charge in [0, 0.05) is 24.5 Å². The highest BCUT2D eigenvalue weighted by Gasteiger charge is 2.08. The molecule has 8 heteroatoms. The van der Waals surface area contributed by atoms with Gasteiger partial charge in [-0.2, -0.15) is 5.10 Å². The molecule has 3 heterocycles. The molecule has 0 fully saturated rings. The number of imidazole rings is 1. The average Bonchev–Trinajstić information content (AvgIpc) is 3.23. The molecule has 0 aliphatic carbocycles. The van der Waals surface area contributed by atoms with Crippen molar-refractivity contribution >= 4 is 22.6 Å². The molecule has 0 saturated carbocycles. The minimum absolute atomic E-state index is 0.0380. The lowest BCUT2D eigenvalue weighted by Gasteiger charge is -2.04. The van der Waals surface area contributed by atoms with Gasteiger partial charge in [0.2, 0.25) is 5.91 Å². The Morgan fingerprint density at radius 3 is 3.12 bits per heavy atom. The Hall–Kier alpha value is -3.26. The maximum absolute atomic E-state index is 11.9. The molecule has 1 aromatic carbocycles. The van der Waals surface area contributed by atoms with Crippen molar-refractivity contribution in [1.82, 2.24) is 29.9 Å². The molecule has 0 saturated heterocycles. The van der Waals surface area contributed by atoms with Crippen molar-refractivity contribution in [3.63, 3.8) is 0 Å². The van der Waals surface area contributed by atoms with Crippen LogP contribution >= 0.6 is 0 Å². The van der Waals surface area contributed by atoms with E-state index in [1.165, 1.54) is 0 Å². The fourth-order valence-corrected chi connectivity index (χ4v) is 2.56. The van der Waals surface area contributed by atoms with E-state index in [0.29, 0.717) is 12.4 Å². The van der Waals surface area contributed by atoms with Crippen LogP contribution in [0.4, 0.5) is 0 Å². The first-order chi connectivity index (χ1) is 12.3. The number of ether oxygens (including phenoxy) is 1. The highest BCUT2D eigenvalue weighted by molar-refractivity contribution is 5.77. The number of H-pyrrole nitrogens is 1. The molecule has 3 aromatic heterocycles. The Kier molecular flexibility index (Phi) is 4.09.